The molecule has 1 heterocycles. The van der Waals surface area contributed by atoms with Crippen molar-refractivity contribution in [3.63, 3.8) is 0 Å². The van der Waals surface area contributed by atoms with E-state index in [1.165, 1.54) is 6.07 Å². The van der Waals surface area contributed by atoms with E-state index >= 15 is 0 Å². The third kappa shape index (κ3) is 2.97. The SMILES string of the molecule is COc1ccc(C(C)Nc2cccc(F)n2)cc1. The van der Waals surface area contributed by atoms with E-state index in [-0.39, 0.29) is 6.04 Å². The monoisotopic (exact) mass is 246 g/mol. The van der Waals surface area contributed by atoms with E-state index in [0.717, 1.165) is 11.3 Å². The predicted molar refractivity (Wildman–Crippen MR) is 69.2 cm³/mol. The first-order valence-corrected chi connectivity index (χ1v) is 5.72. The maximum absolute atomic E-state index is 13.0. The van der Waals surface area contributed by atoms with Gasteiger partial charge in [-0.3, -0.25) is 0 Å². The van der Waals surface area contributed by atoms with Gasteiger partial charge in [0.05, 0.1) is 7.11 Å². The van der Waals surface area contributed by atoms with Crippen LogP contribution in [0.15, 0.2) is 42.5 Å². The van der Waals surface area contributed by atoms with Crippen LogP contribution in [0, 0.1) is 5.95 Å². The fourth-order valence-corrected chi connectivity index (χ4v) is 1.69. The van der Waals surface area contributed by atoms with Gasteiger partial charge in [0.2, 0.25) is 5.95 Å². The van der Waals surface area contributed by atoms with Crippen molar-refractivity contribution >= 4 is 5.82 Å². The average Bonchev–Trinajstić information content (AvgIpc) is 2.39. The Bertz CT molecular complexity index is 513. The van der Waals surface area contributed by atoms with Crippen LogP contribution in [0.2, 0.25) is 0 Å². The molecule has 4 heteroatoms. The van der Waals surface area contributed by atoms with Gasteiger partial charge in [0, 0.05) is 6.04 Å². The standard InChI is InChI=1S/C14H15FN2O/c1-10(11-6-8-12(18-2)9-7-11)16-14-5-3-4-13(15)17-14/h3-10H,1-2H3,(H,16,17). The molecule has 0 aliphatic carbocycles. The Kier molecular flexibility index (Phi) is 3.77. The number of rotatable bonds is 4. The molecule has 0 spiro atoms. The molecule has 1 aromatic carbocycles. The lowest BCUT2D eigenvalue weighted by Crippen LogP contribution is -2.08. The summed E-state index contributed by atoms with van der Waals surface area (Å²) in [4.78, 5) is 3.77. The van der Waals surface area contributed by atoms with Crippen LogP contribution in [0.5, 0.6) is 5.75 Å². The minimum Gasteiger partial charge on any atom is -0.497 e. The van der Waals surface area contributed by atoms with Gasteiger partial charge >= 0.3 is 0 Å². The summed E-state index contributed by atoms with van der Waals surface area (Å²) in [5.74, 6) is 0.857. The number of hydrogen-bond acceptors (Lipinski definition) is 3. The summed E-state index contributed by atoms with van der Waals surface area (Å²) in [5, 5.41) is 3.14. The highest BCUT2D eigenvalue weighted by molar-refractivity contribution is 5.39. The lowest BCUT2D eigenvalue weighted by molar-refractivity contribution is 0.414. The van der Waals surface area contributed by atoms with Crippen molar-refractivity contribution in [2.45, 2.75) is 13.0 Å². The lowest BCUT2D eigenvalue weighted by Gasteiger charge is -2.15. The molecule has 1 N–H and O–H groups in total. The van der Waals surface area contributed by atoms with E-state index in [2.05, 4.69) is 10.3 Å². The van der Waals surface area contributed by atoms with E-state index < -0.39 is 5.95 Å². The summed E-state index contributed by atoms with van der Waals surface area (Å²) in [6, 6.07) is 12.5. The highest BCUT2D eigenvalue weighted by Gasteiger charge is 2.06. The van der Waals surface area contributed by atoms with Crippen molar-refractivity contribution in [2.75, 3.05) is 12.4 Å². The van der Waals surface area contributed by atoms with Crippen LogP contribution in [0.3, 0.4) is 0 Å². The summed E-state index contributed by atoms with van der Waals surface area (Å²) >= 11 is 0. The zero-order valence-electron chi connectivity index (χ0n) is 10.4. The zero-order chi connectivity index (χ0) is 13.0. The molecule has 18 heavy (non-hydrogen) atoms. The number of aromatic nitrogens is 1. The van der Waals surface area contributed by atoms with Crippen molar-refractivity contribution in [1.29, 1.82) is 0 Å². The highest BCUT2D eigenvalue weighted by atomic mass is 19.1. The predicted octanol–water partition coefficient (Wildman–Crippen LogP) is 3.40. The van der Waals surface area contributed by atoms with Gasteiger partial charge in [-0.1, -0.05) is 18.2 Å². The summed E-state index contributed by atoms with van der Waals surface area (Å²) in [6.45, 7) is 1.99. The Morgan fingerprint density at radius 3 is 2.50 bits per heavy atom. The van der Waals surface area contributed by atoms with Crippen molar-refractivity contribution in [3.05, 3.63) is 54.0 Å². The third-order valence-corrected chi connectivity index (χ3v) is 2.70. The first-order valence-electron chi connectivity index (χ1n) is 5.72. The van der Waals surface area contributed by atoms with E-state index in [0.29, 0.717) is 5.82 Å². The second-order valence-electron chi connectivity index (χ2n) is 3.98. The smallest absolute Gasteiger partial charge is 0.214 e. The van der Waals surface area contributed by atoms with Crippen molar-refractivity contribution < 1.29 is 9.13 Å². The van der Waals surface area contributed by atoms with Crippen molar-refractivity contribution in [2.24, 2.45) is 0 Å². The van der Waals surface area contributed by atoms with Gasteiger partial charge < -0.3 is 10.1 Å². The molecule has 0 radical (unpaired) electrons. The molecule has 1 atom stereocenters. The Morgan fingerprint density at radius 1 is 1.17 bits per heavy atom. The van der Waals surface area contributed by atoms with Gasteiger partial charge in [0.15, 0.2) is 0 Å². The van der Waals surface area contributed by atoms with Gasteiger partial charge in [-0.05, 0) is 36.8 Å². The molecular weight excluding hydrogens is 231 g/mol. The van der Waals surface area contributed by atoms with E-state index in [4.69, 9.17) is 4.74 Å². The number of hydrogen-bond donors (Lipinski definition) is 1. The second-order valence-corrected chi connectivity index (χ2v) is 3.98. The highest BCUT2D eigenvalue weighted by Crippen LogP contribution is 2.20. The Balaban J connectivity index is 2.09. The van der Waals surface area contributed by atoms with Crippen molar-refractivity contribution in [3.8, 4) is 5.75 Å². The van der Waals surface area contributed by atoms with Gasteiger partial charge in [0.25, 0.3) is 0 Å². The van der Waals surface area contributed by atoms with Gasteiger partial charge in [-0.25, -0.2) is 4.98 Å². The zero-order valence-corrected chi connectivity index (χ0v) is 10.4. The Labute approximate surface area is 106 Å². The molecule has 2 rings (SSSR count). The van der Waals surface area contributed by atoms with Crippen LogP contribution in [-0.2, 0) is 0 Å². The Morgan fingerprint density at radius 2 is 1.89 bits per heavy atom. The molecule has 2 aromatic rings. The topological polar surface area (TPSA) is 34.1 Å². The Hall–Kier alpha value is -2.10. The average molecular weight is 246 g/mol. The molecule has 94 valence electrons. The second kappa shape index (κ2) is 5.49. The first-order chi connectivity index (χ1) is 8.69. The molecule has 0 aliphatic rings. The van der Waals surface area contributed by atoms with E-state index in [1.54, 1.807) is 19.2 Å². The number of benzene rings is 1. The van der Waals surface area contributed by atoms with Crippen molar-refractivity contribution in [1.82, 2.24) is 4.98 Å². The maximum Gasteiger partial charge on any atom is 0.214 e. The number of anilines is 1. The van der Waals surface area contributed by atoms with E-state index in [1.807, 2.05) is 31.2 Å². The molecule has 1 aromatic heterocycles. The van der Waals surface area contributed by atoms with Crippen LogP contribution < -0.4 is 10.1 Å². The largest absolute Gasteiger partial charge is 0.497 e. The summed E-state index contributed by atoms with van der Waals surface area (Å²) in [6.07, 6.45) is 0. The fourth-order valence-electron chi connectivity index (χ4n) is 1.69. The van der Waals surface area contributed by atoms with E-state index in [9.17, 15) is 4.39 Å². The molecule has 0 fully saturated rings. The third-order valence-electron chi connectivity index (χ3n) is 2.70. The molecule has 0 saturated heterocycles. The molecule has 0 amide bonds. The molecule has 1 unspecified atom stereocenters. The molecular formula is C14H15FN2O. The molecule has 3 nitrogen and oxygen atoms in total. The van der Waals surface area contributed by atoms with Crippen LogP contribution in [0.25, 0.3) is 0 Å². The number of halogens is 1. The first kappa shape index (κ1) is 12.4. The molecule has 0 bridgehead atoms. The summed E-state index contributed by atoms with van der Waals surface area (Å²) < 4.78 is 18.1. The lowest BCUT2D eigenvalue weighted by atomic mass is 10.1. The minimum absolute atomic E-state index is 0.0465. The van der Waals surface area contributed by atoms with Crippen LogP contribution in [0.1, 0.15) is 18.5 Å². The number of pyridine rings is 1. The molecule has 0 saturated carbocycles. The van der Waals surface area contributed by atoms with Gasteiger partial charge in [0.1, 0.15) is 11.6 Å². The number of nitrogens with zero attached hydrogens (tertiary/aromatic N) is 1. The maximum atomic E-state index is 13.0. The number of ether oxygens (including phenoxy) is 1. The summed E-state index contributed by atoms with van der Waals surface area (Å²) in [7, 11) is 1.63. The van der Waals surface area contributed by atoms with Crippen LogP contribution >= 0.6 is 0 Å². The minimum atomic E-state index is -0.484. The summed E-state index contributed by atoms with van der Waals surface area (Å²) in [5.41, 5.74) is 1.09. The van der Waals surface area contributed by atoms with Gasteiger partial charge in [-0.15, -0.1) is 0 Å². The van der Waals surface area contributed by atoms with Crippen LogP contribution in [-0.4, -0.2) is 12.1 Å². The number of methoxy groups -OCH3 is 1. The number of nitrogens with one attached hydrogen (secondary N) is 1. The fraction of sp³-hybridized carbons (Fsp3) is 0.214. The molecule has 0 aliphatic heterocycles. The quantitative estimate of drug-likeness (QED) is 0.839. The normalized spacial score (nSPS) is 11.9. The van der Waals surface area contributed by atoms with Gasteiger partial charge in [-0.2, -0.15) is 4.39 Å². The van der Waals surface area contributed by atoms with Crippen LogP contribution in [0.4, 0.5) is 10.2 Å².